The highest BCUT2D eigenvalue weighted by molar-refractivity contribution is 6.32. The highest BCUT2D eigenvalue weighted by Gasteiger charge is 2.60. The van der Waals surface area contributed by atoms with Crippen molar-refractivity contribution >= 4 is 17.6 Å². The minimum Gasteiger partial charge on any atom is -0.504 e. The van der Waals surface area contributed by atoms with Crippen molar-refractivity contribution in [2.45, 2.75) is 46.1 Å². The Kier molecular flexibility index (Phi) is 9.16. The molecule has 0 aliphatic heterocycles. The summed E-state index contributed by atoms with van der Waals surface area (Å²) in [5, 5.41) is 52.0. The van der Waals surface area contributed by atoms with Crippen molar-refractivity contribution in [1.82, 2.24) is 10.3 Å². The number of ether oxygens (including phenoxy) is 2. The summed E-state index contributed by atoms with van der Waals surface area (Å²) in [5.41, 5.74) is 4.57. The molecular weight excluding hydrogens is 598 g/mol. The van der Waals surface area contributed by atoms with Crippen LogP contribution in [0.5, 0.6) is 23.0 Å². The second-order valence-corrected chi connectivity index (χ2v) is 11.5. The van der Waals surface area contributed by atoms with E-state index >= 15 is 0 Å². The molecule has 0 saturated heterocycles. The maximum atomic E-state index is 11.7. The second-order valence-electron chi connectivity index (χ2n) is 11.1. The molecule has 232 valence electrons. The Labute approximate surface area is 265 Å². The molecule has 0 spiro atoms. The Hall–Kier alpha value is -4.82. The van der Waals surface area contributed by atoms with Crippen LogP contribution in [0, 0.1) is 30.6 Å². The van der Waals surface area contributed by atoms with Gasteiger partial charge in [0, 0.05) is 47.7 Å². The molecule has 10 nitrogen and oxygen atoms in total. The molecule has 5 N–H and O–H groups in total. The molecule has 0 amide bonds. The topological polar surface area (TPSA) is 165 Å². The van der Waals surface area contributed by atoms with Crippen molar-refractivity contribution in [2.24, 2.45) is 5.41 Å². The average Bonchev–Trinajstić information content (AvgIpc) is 3.77. The number of aromatic nitrogens is 1. The van der Waals surface area contributed by atoms with Gasteiger partial charge in [-0.05, 0) is 60.7 Å². The van der Waals surface area contributed by atoms with Gasteiger partial charge in [-0.2, -0.15) is 5.26 Å². The van der Waals surface area contributed by atoms with Crippen LogP contribution in [0.25, 0.3) is 11.1 Å². The zero-order valence-electron chi connectivity index (χ0n) is 24.7. The lowest BCUT2D eigenvalue weighted by Gasteiger charge is -2.18. The van der Waals surface area contributed by atoms with E-state index in [1.807, 2.05) is 25.1 Å². The van der Waals surface area contributed by atoms with Crippen molar-refractivity contribution in [3.63, 3.8) is 0 Å². The number of aromatic hydroxyl groups is 2. The fourth-order valence-electron chi connectivity index (χ4n) is 5.30. The molecule has 45 heavy (non-hydrogen) atoms. The number of nitrogens with one attached hydrogen (secondary N) is 1. The van der Waals surface area contributed by atoms with Crippen LogP contribution in [-0.2, 0) is 24.6 Å². The van der Waals surface area contributed by atoms with Crippen molar-refractivity contribution in [3.8, 4) is 40.2 Å². The van der Waals surface area contributed by atoms with E-state index in [4.69, 9.17) is 21.1 Å². The van der Waals surface area contributed by atoms with Crippen molar-refractivity contribution < 1.29 is 34.7 Å². The predicted octanol–water partition coefficient (Wildman–Crippen LogP) is 5.38. The van der Waals surface area contributed by atoms with E-state index < -0.39 is 24.0 Å². The molecule has 1 aliphatic rings. The predicted molar refractivity (Wildman–Crippen MR) is 166 cm³/mol. The van der Waals surface area contributed by atoms with E-state index in [0.717, 1.165) is 22.3 Å². The van der Waals surface area contributed by atoms with Gasteiger partial charge in [-0.1, -0.05) is 35.9 Å². The van der Waals surface area contributed by atoms with Gasteiger partial charge in [0.25, 0.3) is 0 Å². The van der Waals surface area contributed by atoms with Gasteiger partial charge < -0.3 is 35.2 Å². The summed E-state index contributed by atoms with van der Waals surface area (Å²) in [7, 11) is 0. The highest BCUT2D eigenvalue weighted by Crippen LogP contribution is 2.46. The molecule has 1 aliphatic carbocycles. The van der Waals surface area contributed by atoms with E-state index in [2.05, 4.69) is 16.4 Å². The molecule has 5 rings (SSSR count). The summed E-state index contributed by atoms with van der Waals surface area (Å²) in [4.78, 5) is 15.7. The number of nitriles is 1. The minimum absolute atomic E-state index is 0.107. The van der Waals surface area contributed by atoms with Gasteiger partial charge in [-0.15, -0.1) is 0 Å². The number of carboxylic acids is 1. The largest absolute Gasteiger partial charge is 0.504 e. The number of halogens is 1. The summed E-state index contributed by atoms with van der Waals surface area (Å²) in [5.74, 6) is -0.591. The molecule has 11 heteroatoms. The van der Waals surface area contributed by atoms with E-state index in [-0.39, 0.29) is 31.3 Å². The summed E-state index contributed by atoms with van der Waals surface area (Å²) >= 11 is 6.67. The third-order valence-corrected chi connectivity index (χ3v) is 8.58. The van der Waals surface area contributed by atoms with Gasteiger partial charge in [-0.3, -0.25) is 9.78 Å². The van der Waals surface area contributed by atoms with Gasteiger partial charge >= 0.3 is 5.97 Å². The summed E-state index contributed by atoms with van der Waals surface area (Å²) in [6, 6.07) is 15.7. The molecule has 0 bridgehead atoms. The number of carbonyl (C=O) groups is 1. The third-order valence-electron chi connectivity index (χ3n) is 8.28. The molecule has 1 aromatic heterocycles. The Morgan fingerprint density at radius 1 is 1.04 bits per heavy atom. The monoisotopic (exact) mass is 629 g/mol. The lowest BCUT2D eigenvalue weighted by molar-refractivity contribution is -0.145. The number of nitrogens with zero attached hydrogens (tertiary/aromatic N) is 2. The maximum absolute atomic E-state index is 11.7. The van der Waals surface area contributed by atoms with Crippen LogP contribution in [0.4, 0.5) is 0 Å². The number of pyridine rings is 1. The normalized spacial score (nSPS) is 17.0. The van der Waals surface area contributed by atoms with Crippen LogP contribution < -0.4 is 14.8 Å². The smallest absolute Gasteiger partial charge is 0.313 e. The SMILES string of the molecule is Cc1c(COc2cc(OCc3cncc(C#N)c3)c(CN[C@@H]3CC3(CO)C(=O)O)cc2Cl)cccc1-c1ccc(O)c(O)c1C. The molecule has 2 atom stereocenters. The lowest BCUT2D eigenvalue weighted by atomic mass is 9.93. The number of rotatable bonds is 12. The van der Waals surface area contributed by atoms with Crippen LogP contribution in [-0.4, -0.2) is 44.0 Å². The summed E-state index contributed by atoms with van der Waals surface area (Å²) in [6.45, 7) is 3.74. The zero-order chi connectivity index (χ0) is 32.3. The van der Waals surface area contributed by atoms with Gasteiger partial charge in [0.15, 0.2) is 11.5 Å². The first kappa shape index (κ1) is 31.6. The second kappa shape index (κ2) is 13.0. The van der Waals surface area contributed by atoms with Crippen molar-refractivity contribution in [3.05, 3.63) is 99.3 Å². The Morgan fingerprint density at radius 3 is 2.51 bits per heavy atom. The molecule has 1 heterocycles. The quantitative estimate of drug-likeness (QED) is 0.128. The number of aliphatic hydroxyl groups excluding tert-OH is 1. The first-order chi connectivity index (χ1) is 21.6. The molecule has 4 aromatic rings. The summed E-state index contributed by atoms with van der Waals surface area (Å²) in [6.07, 6.45) is 3.36. The first-order valence-corrected chi connectivity index (χ1v) is 14.6. The lowest BCUT2D eigenvalue weighted by Crippen LogP contribution is -2.30. The number of phenols is 2. The number of aliphatic hydroxyl groups is 1. The number of carboxylic acid groups (broad SMARTS) is 1. The molecule has 1 saturated carbocycles. The number of hydrogen-bond donors (Lipinski definition) is 5. The average molecular weight is 630 g/mol. The Bertz CT molecular complexity index is 1810. The number of hydrogen-bond acceptors (Lipinski definition) is 9. The van der Waals surface area contributed by atoms with Crippen LogP contribution in [0.3, 0.4) is 0 Å². The van der Waals surface area contributed by atoms with Crippen molar-refractivity contribution in [1.29, 1.82) is 5.26 Å². The van der Waals surface area contributed by atoms with Crippen LogP contribution >= 0.6 is 11.6 Å². The zero-order valence-corrected chi connectivity index (χ0v) is 25.4. The maximum Gasteiger partial charge on any atom is 0.313 e. The third kappa shape index (κ3) is 6.51. The molecule has 0 radical (unpaired) electrons. The fraction of sp³-hybridized carbons (Fsp3) is 0.265. The molecule has 1 fully saturated rings. The fourth-order valence-corrected chi connectivity index (χ4v) is 5.54. The van der Waals surface area contributed by atoms with Crippen LogP contribution in [0.2, 0.25) is 5.02 Å². The van der Waals surface area contributed by atoms with Gasteiger partial charge in [-0.25, -0.2) is 0 Å². The van der Waals surface area contributed by atoms with Gasteiger partial charge in [0.2, 0.25) is 0 Å². The summed E-state index contributed by atoms with van der Waals surface area (Å²) < 4.78 is 12.3. The number of aliphatic carboxylic acids is 1. The molecular formula is C34H32ClN3O7. The van der Waals surface area contributed by atoms with E-state index in [0.29, 0.717) is 45.2 Å². The number of benzene rings is 3. The standard InChI is InChI=1S/C34H32ClN3O7/c1-19-23(4-3-5-25(19)26-6-7-28(40)32(41)20(26)2)17-45-30-10-29(44-16-22-8-21(12-36)13-37-14-22)24(9-27(30)35)15-38-31-11-34(31,18-39)33(42)43/h3-10,13-14,31,38-41H,11,15-18H2,1-2H3,(H,42,43)/t31-,34?/m1/s1. The van der Waals surface area contributed by atoms with E-state index in [1.165, 1.54) is 12.3 Å². The van der Waals surface area contributed by atoms with Crippen molar-refractivity contribution in [2.75, 3.05) is 6.61 Å². The van der Waals surface area contributed by atoms with E-state index in [1.54, 1.807) is 37.4 Å². The number of phenolic OH excluding ortho intramolecular Hbond substituents is 2. The molecule has 1 unspecified atom stereocenters. The van der Waals surface area contributed by atoms with Crippen LogP contribution in [0.15, 0.2) is 60.9 Å². The van der Waals surface area contributed by atoms with E-state index in [9.17, 15) is 30.5 Å². The Morgan fingerprint density at radius 2 is 1.80 bits per heavy atom. The highest BCUT2D eigenvalue weighted by atomic mass is 35.5. The van der Waals surface area contributed by atoms with Gasteiger partial charge in [0.05, 0.1) is 17.2 Å². The Balaban J connectivity index is 1.39. The minimum atomic E-state index is -1.21. The first-order valence-electron chi connectivity index (χ1n) is 14.2. The van der Waals surface area contributed by atoms with Crippen LogP contribution in [0.1, 0.15) is 39.8 Å². The van der Waals surface area contributed by atoms with Gasteiger partial charge in [0.1, 0.15) is 36.2 Å². The molecule has 3 aromatic carbocycles.